The lowest BCUT2D eigenvalue weighted by Crippen LogP contribution is -2.64. The first-order valence-electron chi connectivity index (χ1n) is 8.63. The zero-order chi connectivity index (χ0) is 14.8. The van der Waals surface area contributed by atoms with Gasteiger partial charge in [-0.25, -0.2) is 0 Å². The van der Waals surface area contributed by atoms with Gasteiger partial charge in [-0.3, -0.25) is 11.3 Å². The predicted molar refractivity (Wildman–Crippen MR) is 86.3 cm³/mol. The molecule has 0 radical (unpaired) electrons. The fraction of sp³-hybridized carbons (Fsp3) is 1.00. The first-order chi connectivity index (χ1) is 9.49. The molecule has 0 aromatic rings. The van der Waals surface area contributed by atoms with E-state index >= 15 is 0 Å². The van der Waals surface area contributed by atoms with Gasteiger partial charge in [0.25, 0.3) is 0 Å². The SMILES string of the molecule is CC1CCC(C(NN)C2(N(C)C)CCC(C)CC2)CC1. The van der Waals surface area contributed by atoms with Crippen LogP contribution in [0.5, 0.6) is 0 Å². The summed E-state index contributed by atoms with van der Waals surface area (Å²) in [6.07, 6.45) is 10.7. The van der Waals surface area contributed by atoms with E-state index in [9.17, 15) is 0 Å². The van der Waals surface area contributed by atoms with Crippen LogP contribution in [0.15, 0.2) is 0 Å². The minimum absolute atomic E-state index is 0.270. The topological polar surface area (TPSA) is 41.3 Å². The van der Waals surface area contributed by atoms with Gasteiger partial charge in [-0.15, -0.1) is 0 Å². The largest absolute Gasteiger partial charge is 0.302 e. The molecule has 0 amide bonds. The zero-order valence-corrected chi connectivity index (χ0v) is 14.0. The predicted octanol–water partition coefficient (Wildman–Crippen LogP) is 3.16. The molecule has 2 saturated carbocycles. The number of rotatable bonds is 4. The molecule has 0 heterocycles. The summed E-state index contributed by atoms with van der Waals surface area (Å²) in [4.78, 5) is 2.47. The Morgan fingerprint density at radius 3 is 1.90 bits per heavy atom. The normalized spacial score (nSPS) is 40.8. The van der Waals surface area contributed by atoms with E-state index in [0.717, 1.165) is 17.8 Å². The van der Waals surface area contributed by atoms with Crippen LogP contribution in [0.4, 0.5) is 0 Å². The third kappa shape index (κ3) is 3.20. The number of hydrogen-bond donors (Lipinski definition) is 2. The van der Waals surface area contributed by atoms with Gasteiger partial charge in [0.1, 0.15) is 0 Å². The smallest absolute Gasteiger partial charge is 0.0422 e. The van der Waals surface area contributed by atoms with Gasteiger partial charge in [-0.05, 0) is 70.4 Å². The van der Waals surface area contributed by atoms with Gasteiger partial charge in [0, 0.05) is 11.6 Å². The van der Waals surface area contributed by atoms with Crippen molar-refractivity contribution >= 4 is 0 Å². The number of nitrogens with two attached hydrogens (primary N) is 1. The molecule has 118 valence electrons. The Balaban J connectivity index is 2.13. The first-order valence-corrected chi connectivity index (χ1v) is 8.63. The number of nitrogens with zero attached hydrogens (tertiary/aromatic N) is 1. The van der Waals surface area contributed by atoms with Crippen LogP contribution < -0.4 is 11.3 Å². The molecule has 0 bridgehead atoms. The van der Waals surface area contributed by atoms with Crippen molar-refractivity contribution in [2.75, 3.05) is 14.1 Å². The van der Waals surface area contributed by atoms with Crippen LogP contribution in [0, 0.1) is 17.8 Å². The van der Waals surface area contributed by atoms with Gasteiger partial charge in [0.15, 0.2) is 0 Å². The molecule has 0 saturated heterocycles. The Morgan fingerprint density at radius 1 is 0.950 bits per heavy atom. The Kier molecular flexibility index (Phi) is 5.49. The van der Waals surface area contributed by atoms with Crippen molar-refractivity contribution in [1.82, 2.24) is 10.3 Å². The van der Waals surface area contributed by atoms with Crippen LogP contribution in [0.25, 0.3) is 0 Å². The Hall–Kier alpha value is -0.120. The van der Waals surface area contributed by atoms with Crippen molar-refractivity contribution in [3.05, 3.63) is 0 Å². The number of hydrogen-bond acceptors (Lipinski definition) is 3. The molecule has 0 aromatic heterocycles. The highest BCUT2D eigenvalue weighted by Gasteiger charge is 2.46. The maximum absolute atomic E-state index is 6.05. The minimum atomic E-state index is 0.270. The summed E-state index contributed by atoms with van der Waals surface area (Å²) in [5.74, 6) is 8.60. The summed E-state index contributed by atoms with van der Waals surface area (Å²) in [6.45, 7) is 4.79. The third-order valence-electron chi connectivity index (χ3n) is 6.32. The molecule has 3 nitrogen and oxygen atoms in total. The minimum Gasteiger partial charge on any atom is -0.302 e. The van der Waals surface area contributed by atoms with Gasteiger partial charge >= 0.3 is 0 Å². The van der Waals surface area contributed by atoms with Crippen molar-refractivity contribution in [3.8, 4) is 0 Å². The molecular weight excluding hydrogens is 246 g/mol. The van der Waals surface area contributed by atoms with E-state index in [1.54, 1.807) is 0 Å². The van der Waals surface area contributed by atoms with E-state index in [4.69, 9.17) is 5.84 Å². The average Bonchev–Trinajstić information content (AvgIpc) is 2.43. The lowest BCUT2D eigenvalue weighted by Gasteiger charge is -2.52. The fourth-order valence-electron chi connectivity index (χ4n) is 4.65. The highest BCUT2D eigenvalue weighted by atomic mass is 15.3. The van der Waals surface area contributed by atoms with Crippen LogP contribution in [-0.4, -0.2) is 30.6 Å². The zero-order valence-electron chi connectivity index (χ0n) is 14.0. The number of likely N-dealkylation sites (N-methyl/N-ethyl adjacent to an activating group) is 1. The molecule has 3 heteroatoms. The van der Waals surface area contributed by atoms with Crippen molar-refractivity contribution in [2.24, 2.45) is 23.6 Å². The third-order valence-corrected chi connectivity index (χ3v) is 6.32. The van der Waals surface area contributed by atoms with Crippen molar-refractivity contribution in [1.29, 1.82) is 0 Å². The molecule has 2 aliphatic rings. The molecule has 2 rings (SSSR count). The van der Waals surface area contributed by atoms with E-state index in [2.05, 4.69) is 38.3 Å². The van der Waals surface area contributed by atoms with Crippen LogP contribution in [0.1, 0.15) is 65.2 Å². The summed E-state index contributed by atoms with van der Waals surface area (Å²) in [5.41, 5.74) is 3.52. The Labute approximate surface area is 125 Å². The summed E-state index contributed by atoms with van der Waals surface area (Å²) < 4.78 is 0. The molecule has 3 N–H and O–H groups in total. The molecule has 20 heavy (non-hydrogen) atoms. The van der Waals surface area contributed by atoms with Gasteiger partial charge in [0.05, 0.1) is 0 Å². The second-order valence-corrected chi connectivity index (χ2v) is 7.84. The van der Waals surface area contributed by atoms with Gasteiger partial charge < -0.3 is 4.90 Å². The lowest BCUT2D eigenvalue weighted by molar-refractivity contribution is 0.0107. The summed E-state index contributed by atoms with van der Waals surface area (Å²) >= 11 is 0. The van der Waals surface area contributed by atoms with E-state index in [1.807, 2.05) is 0 Å². The van der Waals surface area contributed by atoms with Crippen molar-refractivity contribution in [3.63, 3.8) is 0 Å². The average molecular weight is 281 g/mol. The highest BCUT2D eigenvalue weighted by molar-refractivity contribution is 5.03. The van der Waals surface area contributed by atoms with Crippen molar-refractivity contribution in [2.45, 2.75) is 76.8 Å². The Morgan fingerprint density at radius 2 is 1.45 bits per heavy atom. The monoisotopic (exact) mass is 281 g/mol. The molecule has 2 fully saturated rings. The Bertz CT molecular complexity index is 287. The quantitative estimate of drug-likeness (QED) is 0.614. The van der Waals surface area contributed by atoms with Crippen LogP contribution in [-0.2, 0) is 0 Å². The second kappa shape index (κ2) is 6.76. The summed E-state index contributed by atoms with van der Waals surface area (Å²) in [5, 5.41) is 0. The second-order valence-electron chi connectivity index (χ2n) is 7.84. The standard InChI is InChI=1S/C17H35N3/c1-13-5-7-15(8-6-13)16(19-18)17(20(3)4)11-9-14(2)10-12-17/h13-16,19H,5-12,18H2,1-4H3. The van der Waals surface area contributed by atoms with Crippen molar-refractivity contribution < 1.29 is 0 Å². The number of nitrogens with one attached hydrogen (secondary N) is 1. The molecule has 1 atom stereocenters. The van der Waals surface area contributed by atoms with Crippen LogP contribution in [0.3, 0.4) is 0 Å². The molecule has 2 aliphatic carbocycles. The van der Waals surface area contributed by atoms with Crippen LogP contribution in [0.2, 0.25) is 0 Å². The molecule has 0 aromatic carbocycles. The maximum atomic E-state index is 6.05. The molecular formula is C17H35N3. The number of hydrazine groups is 1. The molecule has 0 spiro atoms. The summed E-state index contributed by atoms with van der Waals surface area (Å²) in [7, 11) is 4.51. The van der Waals surface area contributed by atoms with Gasteiger partial charge in [0.2, 0.25) is 0 Å². The molecule has 1 unspecified atom stereocenters. The van der Waals surface area contributed by atoms with E-state index in [1.165, 1.54) is 51.4 Å². The first kappa shape index (κ1) is 16.3. The highest BCUT2D eigenvalue weighted by Crippen LogP contribution is 2.43. The molecule has 0 aliphatic heterocycles. The van der Waals surface area contributed by atoms with Gasteiger partial charge in [-0.1, -0.05) is 26.7 Å². The van der Waals surface area contributed by atoms with E-state index < -0.39 is 0 Å². The van der Waals surface area contributed by atoms with E-state index in [-0.39, 0.29) is 5.54 Å². The summed E-state index contributed by atoms with van der Waals surface area (Å²) in [6, 6.07) is 0.456. The lowest BCUT2D eigenvalue weighted by atomic mass is 9.65. The van der Waals surface area contributed by atoms with E-state index in [0.29, 0.717) is 6.04 Å². The van der Waals surface area contributed by atoms with Gasteiger partial charge in [-0.2, -0.15) is 0 Å². The fourth-order valence-corrected chi connectivity index (χ4v) is 4.65. The maximum Gasteiger partial charge on any atom is 0.0422 e. The van der Waals surface area contributed by atoms with Crippen LogP contribution >= 0.6 is 0 Å².